The average Bonchev–Trinajstić information content (AvgIpc) is 2.21. The Morgan fingerprint density at radius 2 is 1.88 bits per heavy atom. The fourth-order valence-electron chi connectivity index (χ4n) is 1.10. The molecule has 0 bridgehead atoms. The summed E-state index contributed by atoms with van der Waals surface area (Å²) in [6.45, 7) is 5.56. The largest absolute Gasteiger partial charge is 0.479 e. The van der Waals surface area contributed by atoms with E-state index in [9.17, 15) is 14.7 Å². The van der Waals surface area contributed by atoms with Crippen LogP contribution in [0.25, 0.3) is 0 Å². The molecule has 6 heteroatoms. The number of amides is 2. The number of rotatable bonds is 7. The van der Waals surface area contributed by atoms with E-state index in [1.807, 2.05) is 0 Å². The average molecular weight is 246 g/mol. The van der Waals surface area contributed by atoms with E-state index in [1.165, 1.54) is 0 Å². The number of urea groups is 1. The first-order valence-electron chi connectivity index (χ1n) is 5.73. The normalized spacial score (nSPS) is 14.2. The summed E-state index contributed by atoms with van der Waals surface area (Å²) < 4.78 is 0. The molecule has 0 aliphatic carbocycles. The second-order valence-electron chi connectivity index (χ2n) is 4.72. The first kappa shape index (κ1) is 15.7. The lowest BCUT2D eigenvalue weighted by Crippen LogP contribution is -2.49. The van der Waals surface area contributed by atoms with Crippen LogP contribution in [-0.4, -0.2) is 40.9 Å². The lowest BCUT2D eigenvalue weighted by atomic mass is 10.1. The Hall–Kier alpha value is -1.30. The van der Waals surface area contributed by atoms with E-state index >= 15 is 0 Å². The number of hydrogen-bond acceptors (Lipinski definition) is 3. The minimum Gasteiger partial charge on any atom is -0.479 e. The molecular weight excluding hydrogens is 224 g/mol. The number of hydrogen-bond donors (Lipinski definition) is 4. The lowest BCUT2D eigenvalue weighted by molar-refractivity contribution is -0.155. The van der Waals surface area contributed by atoms with Gasteiger partial charge in [0.15, 0.2) is 5.60 Å². The summed E-state index contributed by atoms with van der Waals surface area (Å²) in [7, 11) is 0. The molecule has 0 aliphatic rings. The predicted octanol–water partition coefficient (Wildman–Crippen LogP) is 0.557. The maximum atomic E-state index is 11.2. The standard InChI is InChI=1S/C11H22N2O4/c1-8(2)5-4-6-12-10(16)13-7-11(3,17)9(14)15/h8,17H,4-7H2,1-3H3,(H,14,15)(H2,12,13,16). The van der Waals surface area contributed by atoms with Crippen LogP contribution in [0, 0.1) is 5.92 Å². The Balaban J connectivity index is 3.70. The zero-order valence-electron chi connectivity index (χ0n) is 10.6. The summed E-state index contributed by atoms with van der Waals surface area (Å²) in [6, 6.07) is -0.463. The summed E-state index contributed by atoms with van der Waals surface area (Å²) in [4.78, 5) is 21.8. The van der Waals surface area contributed by atoms with E-state index in [0.717, 1.165) is 19.8 Å². The predicted molar refractivity (Wildman–Crippen MR) is 63.7 cm³/mol. The number of nitrogens with one attached hydrogen (secondary N) is 2. The summed E-state index contributed by atoms with van der Waals surface area (Å²) in [5.74, 6) is -0.773. The van der Waals surface area contributed by atoms with E-state index in [0.29, 0.717) is 12.5 Å². The maximum absolute atomic E-state index is 11.2. The van der Waals surface area contributed by atoms with Crippen molar-refractivity contribution in [2.45, 2.75) is 39.2 Å². The number of carboxylic acid groups (broad SMARTS) is 1. The van der Waals surface area contributed by atoms with E-state index in [-0.39, 0.29) is 6.54 Å². The SMILES string of the molecule is CC(C)CCCNC(=O)NCC(C)(O)C(=O)O. The Labute approximate surface area is 101 Å². The van der Waals surface area contributed by atoms with Gasteiger partial charge in [0.1, 0.15) is 0 Å². The molecule has 2 amide bonds. The zero-order valence-corrected chi connectivity index (χ0v) is 10.6. The van der Waals surface area contributed by atoms with Gasteiger partial charge in [0, 0.05) is 6.54 Å². The van der Waals surface area contributed by atoms with Gasteiger partial charge in [0.25, 0.3) is 0 Å². The van der Waals surface area contributed by atoms with Gasteiger partial charge < -0.3 is 20.8 Å². The van der Waals surface area contributed by atoms with Crippen molar-refractivity contribution < 1.29 is 19.8 Å². The minimum absolute atomic E-state index is 0.321. The number of aliphatic carboxylic acids is 1. The first-order valence-corrected chi connectivity index (χ1v) is 5.73. The van der Waals surface area contributed by atoms with Crippen molar-refractivity contribution in [2.75, 3.05) is 13.1 Å². The van der Waals surface area contributed by atoms with Crippen molar-refractivity contribution in [1.82, 2.24) is 10.6 Å². The highest BCUT2D eigenvalue weighted by molar-refractivity contribution is 5.79. The molecule has 0 radical (unpaired) electrons. The minimum atomic E-state index is -1.94. The van der Waals surface area contributed by atoms with Crippen LogP contribution in [0.3, 0.4) is 0 Å². The molecule has 0 aromatic rings. The third kappa shape index (κ3) is 7.57. The number of carboxylic acids is 1. The second-order valence-corrected chi connectivity index (χ2v) is 4.72. The summed E-state index contributed by atoms with van der Waals surface area (Å²) in [6.07, 6.45) is 1.90. The second kappa shape index (κ2) is 7.11. The van der Waals surface area contributed by atoms with Crippen LogP contribution in [-0.2, 0) is 4.79 Å². The molecule has 0 aliphatic heterocycles. The van der Waals surface area contributed by atoms with Crippen LogP contribution in [0.4, 0.5) is 4.79 Å². The van der Waals surface area contributed by atoms with Gasteiger partial charge in [-0.3, -0.25) is 0 Å². The van der Waals surface area contributed by atoms with Crippen molar-refractivity contribution in [2.24, 2.45) is 5.92 Å². The third-order valence-electron chi connectivity index (χ3n) is 2.30. The van der Waals surface area contributed by atoms with Crippen LogP contribution in [0.15, 0.2) is 0 Å². The van der Waals surface area contributed by atoms with Crippen molar-refractivity contribution in [1.29, 1.82) is 0 Å². The molecule has 17 heavy (non-hydrogen) atoms. The molecule has 0 fully saturated rings. The Morgan fingerprint density at radius 1 is 1.29 bits per heavy atom. The Kier molecular flexibility index (Phi) is 6.57. The first-order chi connectivity index (χ1) is 7.75. The fraction of sp³-hybridized carbons (Fsp3) is 0.818. The molecule has 0 saturated heterocycles. The zero-order chi connectivity index (χ0) is 13.5. The highest BCUT2D eigenvalue weighted by atomic mass is 16.4. The van der Waals surface area contributed by atoms with Gasteiger partial charge in [-0.25, -0.2) is 9.59 Å². The molecule has 100 valence electrons. The molecule has 0 aromatic carbocycles. The van der Waals surface area contributed by atoms with Crippen molar-refractivity contribution in [3.05, 3.63) is 0 Å². The molecule has 0 saturated carbocycles. The molecule has 0 spiro atoms. The highest BCUT2D eigenvalue weighted by Gasteiger charge is 2.30. The van der Waals surface area contributed by atoms with Crippen LogP contribution in [0.2, 0.25) is 0 Å². The van der Waals surface area contributed by atoms with E-state index < -0.39 is 17.6 Å². The van der Waals surface area contributed by atoms with Crippen molar-refractivity contribution >= 4 is 12.0 Å². The van der Waals surface area contributed by atoms with Crippen molar-refractivity contribution in [3.63, 3.8) is 0 Å². The number of aliphatic hydroxyl groups is 1. The monoisotopic (exact) mass is 246 g/mol. The van der Waals surface area contributed by atoms with Crippen LogP contribution < -0.4 is 10.6 Å². The molecule has 0 aromatic heterocycles. The molecular formula is C11H22N2O4. The molecule has 0 rings (SSSR count). The van der Waals surface area contributed by atoms with E-state index in [4.69, 9.17) is 5.11 Å². The fourth-order valence-corrected chi connectivity index (χ4v) is 1.10. The number of carbonyl (C=O) groups is 2. The molecule has 1 atom stereocenters. The third-order valence-corrected chi connectivity index (χ3v) is 2.30. The molecule has 1 unspecified atom stereocenters. The maximum Gasteiger partial charge on any atom is 0.337 e. The van der Waals surface area contributed by atoms with Crippen LogP contribution in [0.5, 0.6) is 0 Å². The van der Waals surface area contributed by atoms with Crippen molar-refractivity contribution in [3.8, 4) is 0 Å². The van der Waals surface area contributed by atoms with Gasteiger partial charge >= 0.3 is 12.0 Å². The number of carbonyl (C=O) groups excluding carboxylic acids is 1. The van der Waals surface area contributed by atoms with Gasteiger partial charge in [-0.05, 0) is 25.7 Å². The summed E-state index contributed by atoms with van der Waals surface area (Å²) in [5.41, 5.74) is -1.94. The lowest BCUT2D eigenvalue weighted by Gasteiger charge is -2.18. The smallest absolute Gasteiger partial charge is 0.337 e. The summed E-state index contributed by atoms with van der Waals surface area (Å²) in [5, 5.41) is 22.9. The van der Waals surface area contributed by atoms with Gasteiger partial charge in [-0.1, -0.05) is 13.8 Å². The van der Waals surface area contributed by atoms with Crippen LogP contribution in [0.1, 0.15) is 33.6 Å². The quantitative estimate of drug-likeness (QED) is 0.493. The van der Waals surface area contributed by atoms with Gasteiger partial charge in [-0.15, -0.1) is 0 Å². The molecule has 6 nitrogen and oxygen atoms in total. The van der Waals surface area contributed by atoms with Gasteiger partial charge in [-0.2, -0.15) is 0 Å². The summed E-state index contributed by atoms with van der Waals surface area (Å²) >= 11 is 0. The van der Waals surface area contributed by atoms with Gasteiger partial charge in [0.05, 0.1) is 6.54 Å². The Bertz CT molecular complexity index is 264. The molecule has 4 N–H and O–H groups in total. The molecule has 0 heterocycles. The Morgan fingerprint density at radius 3 is 2.35 bits per heavy atom. The van der Waals surface area contributed by atoms with Gasteiger partial charge in [0.2, 0.25) is 0 Å². The van der Waals surface area contributed by atoms with E-state index in [1.54, 1.807) is 0 Å². The van der Waals surface area contributed by atoms with Crippen LogP contribution >= 0.6 is 0 Å². The topological polar surface area (TPSA) is 98.7 Å². The van der Waals surface area contributed by atoms with E-state index in [2.05, 4.69) is 24.5 Å². The highest BCUT2D eigenvalue weighted by Crippen LogP contribution is 2.02.